The van der Waals surface area contributed by atoms with Crippen LogP contribution in [0, 0.1) is 6.92 Å². The van der Waals surface area contributed by atoms with Crippen LogP contribution in [-0.2, 0) is 6.54 Å². The summed E-state index contributed by atoms with van der Waals surface area (Å²) in [6.45, 7) is 5.13. The molecule has 0 radical (unpaired) electrons. The van der Waals surface area contributed by atoms with Crippen molar-refractivity contribution in [2.24, 2.45) is 5.73 Å². The Bertz CT molecular complexity index is 508. The number of hydrogen-bond donors (Lipinski definition) is 1. The highest BCUT2D eigenvalue weighted by molar-refractivity contribution is 7.15. The van der Waals surface area contributed by atoms with Gasteiger partial charge in [0.2, 0.25) is 0 Å². The molecule has 2 N–H and O–H groups in total. The van der Waals surface area contributed by atoms with E-state index in [9.17, 15) is 0 Å². The number of hydrogen-bond acceptors (Lipinski definition) is 4. The van der Waals surface area contributed by atoms with Crippen molar-refractivity contribution in [3.8, 4) is 16.2 Å². The average Bonchev–Trinajstić information content (AvgIpc) is 2.71. The summed E-state index contributed by atoms with van der Waals surface area (Å²) < 4.78 is 5.50. The van der Waals surface area contributed by atoms with Gasteiger partial charge in [0.15, 0.2) is 0 Å². The highest BCUT2D eigenvalue weighted by Crippen LogP contribution is 2.31. The zero-order valence-corrected chi connectivity index (χ0v) is 10.9. The van der Waals surface area contributed by atoms with Crippen LogP contribution < -0.4 is 10.5 Å². The minimum atomic E-state index is 0.471. The average molecular weight is 248 g/mol. The molecule has 1 aromatic carbocycles. The molecule has 17 heavy (non-hydrogen) atoms. The van der Waals surface area contributed by atoms with Crippen molar-refractivity contribution in [1.82, 2.24) is 4.98 Å². The summed E-state index contributed by atoms with van der Waals surface area (Å²) in [5.74, 6) is 0.888. The van der Waals surface area contributed by atoms with Gasteiger partial charge in [-0.05, 0) is 31.5 Å². The van der Waals surface area contributed by atoms with E-state index in [0.717, 1.165) is 26.9 Å². The number of benzene rings is 1. The Kier molecular flexibility index (Phi) is 3.76. The van der Waals surface area contributed by atoms with Crippen LogP contribution in [0.15, 0.2) is 24.3 Å². The summed E-state index contributed by atoms with van der Waals surface area (Å²) >= 11 is 1.67. The predicted octanol–water partition coefficient (Wildman–Crippen LogP) is 2.98. The van der Waals surface area contributed by atoms with E-state index in [4.69, 9.17) is 10.5 Å². The van der Waals surface area contributed by atoms with Crippen molar-refractivity contribution in [2.75, 3.05) is 6.61 Å². The molecule has 4 heteroatoms. The van der Waals surface area contributed by atoms with Gasteiger partial charge in [0, 0.05) is 6.54 Å². The van der Waals surface area contributed by atoms with Gasteiger partial charge in [-0.25, -0.2) is 4.98 Å². The molecule has 0 amide bonds. The fourth-order valence-electron chi connectivity index (χ4n) is 1.73. The smallest absolute Gasteiger partial charge is 0.119 e. The fraction of sp³-hybridized carbons (Fsp3) is 0.308. The Balaban J connectivity index is 2.41. The molecule has 0 fully saturated rings. The first-order valence-electron chi connectivity index (χ1n) is 5.64. The van der Waals surface area contributed by atoms with Crippen molar-refractivity contribution < 1.29 is 4.74 Å². The van der Waals surface area contributed by atoms with E-state index in [1.165, 1.54) is 0 Å². The molecule has 0 unspecified atom stereocenters. The monoisotopic (exact) mass is 248 g/mol. The van der Waals surface area contributed by atoms with E-state index >= 15 is 0 Å². The summed E-state index contributed by atoms with van der Waals surface area (Å²) in [6, 6.07) is 8.06. The zero-order valence-electron chi connectivity index (χ0n) is 10.1. The van der Waals surface area contributed by atoms with Crippen molar-refractivity contribution in [2.45, 2.75) is 20.4 Å². The van der Waals surface area contributed by atoms with Crippen LogP contribution in [0.2, 0.25) is 0 Å². The second-order valence-electron chi connectivity index (χ2n) is 3.67. The normalized spacial score (nSPS) is 10.5. The van der Waals surface area contributed by atoms with Crippen LogP contribution in [0.1, 0.15) is 17.6 Å². The third-order valence-corrected chi connectivity index (χ3v) is 3.47. The third kappa shape index (κ3) is 2.65. The van der Waals surface area contributed by atoms with Crippen LogP contribution >= 0.6 is 11.3 Å². The van der Waals surface area contributed by atoms with E-state index in [-0.39, 0.29) is 0 Å². The molecule has 3 nitrogen and oxygen atoms in total. The molecule has 0 saturated carbocycles. The summed E-state index contributed by atoms with van der Waals surface area (Å²) in [7, 11) is 0. The van der Waals surface area contributed by atoms with Gasteiger partial charge in [-0.15, -0.1) is 11.3 Å². The maximum Gasteiger partial charge on any atom is 0.119 e. The highest BCUT2D eigenvalue weighted by Gasteiger charge is 2.10. The largest absolute Gasteiger partial charge is 0.494 e. The molecule has 0 atom stereocenters. The molecule has 0 aliphatic rings. The molecule has 0 bridgehead atoms. The van der Waals surface area contributed by atoms with Crippen LogP contribution in [0.5, 0.6) is 5.75 Å². The zero-order chi connectivity index (χ0) is 12.3. The maximum absolute atomic E-state index is 5.71. The molecule has 90 valence electrons. The number of aryl methyl sites for hydroxylation is 1. The summed E-state index contributed by atoms with van der Waals surface area (Å²) in [5, 5.41) is 1.04. The quantitative estimate of drug-likeness (QED) is 0.905. The minimum Gasteiger partial charge on any atom is -0.494 e. The van der Waals surface area contributed by atoms with Crippen molar-refractivity contribution in [1.29, 1.82) is 0 Å². The third-order valence-electron chi connectivity index (χ3n) is 2.40. The molecular formula is C13H16N2OS. The van der Waals surface area contributed by atoms with Gasteiger partial charge in [-0.2, -0.15) is 0 Å². The number of ether oxygens (including phenoxy) is 1. The van der Waals surface area contributed by atoms with Crippen LogP contribution in [0.25, 0.3) is 10.4 Å². The maximum atomic E-state index is 5.71. The lowest BCUT2D eigenvalue weighted by molar-refractivity contribution is 0.340. The first-order chi connectivity index (χ1) is 8.24. The topological polar surface area (TPSA) is 48.1 Å². The summed E-state index contributed by atoms with van der Waals surface area (Å²) in [6.07, 6.45) is 0. The second-order valence-corrected chi connectivity index (χ2v) is 4.88. The molecular weight excluding hydrogens is 232 g/mol. The van der Waals surface area contributed by atoms with E-state index in [0.29, 0.717) is 13.2 Å². The Morgan fingerprint density at radius 2 is 2.24 bits per heavy atom. The van der Waals surface area contributed by atoms with Gasteiger partial charge < -0.3 is 10.5 Å². The number of nitrogens with two attached hydrogens (primary N) is 1. The fourth-order valence-corrected chi connectivity index (χ4v) is 2.67. The SMILES string of the molecule is CCOc1cccc(-c2sc(C)nc2CN)c1. The molecule has 2 rings (SSSR count). The Labute approximate surface area is 105 Å². The first kappa shape index (κ1) is 12.1. The van der Waals surface area contributed by atoms with Gasteiger partial charge in [0.25, 0.3) is 0 Å². The van der Waals surface area contributed by atoms with Gasteiger partial charge >= 0.3 is 0 Å². The van der Waals surface area contributed by atoms with Crippen molar-refractivity contribution in [3.05, 3.63) is 35.0 Å². The Morgan fingerprint density at radius 3 is 2.94 bits per heavy atom. The van der Waals surface area contributed by atoms with E-state index in [2.05, 4.69) is 11.1 Å². The molecule has 2 aromatic rings. The Hall–Kier alpha value is -1.39. The number of nitrogens with zero attached hydrogens (tertiary/aromatic N) is 1. The standard InChI is InChI=1S/C13H16N2OS/c1-3-16-11-6-4-5-10(7-11)13-12(8-14)15-9(2)17-13/h4-7H,3,8,14H2,1-2H3. The number of thiazole rings is 1. The lowest BCUT2D eigenvalue weighted by Crippen LogP contribution is -1.98. The molecule has 1 heterocycles. The first-order valence-corrected chi connectivity index (χ1v) is 6.46. The summed E-state index contributed by atoms with van der Waals surface area (Å²) in [4.78, 5) is 5.58. The van der Waals surface area contributed by atoms with Gasteiger partial charge in [-0.3, -0.25) is 0 Å². The van der Waals surface area contributed by atoms with E-state index in [1.54, 1.807) is 11.3 Å². The highest BCUT2D eigenvalue weighted by atomic mass is 32.1. The number of aromatic nitrogens is 1. The van der Waals surface area contributed by atoms with E-state index < -0.39 is 0 Å². The van der Waals surface area contributed by atoms with Crippen LogP contribution in [-0.4, -0.2) is 11.6 Å². The van der Waals surface area contributed by atoms with Gasteiger partial charge in [0.1, 0.15) is 5.75 Å². The lowest BCUT2D eigenvalue weighted by atomic mass is 10.1. The lowest BCUT2D eigenvalue weighted by Gasteiger charge is -2.05. The van der Waals surface area contributed by atoms with Crippen molar-refractivity contribution >= 4 is 11.3 Å². The molecule has 0 spiro atoms. The van der Waals surface area contributed by atoms with E-state index in [1.807, 2.05) is 32.0 Å². The molecule has 1 aromatic heterocycles. The molecule has 0 saturated heterocycles. The summed E-state index contributed by atoms with van der Waals surface area (Å²) in [5.41, 5.74) is 7.80. The number of rotatable bonds is 4. The molecule has 0 aliphatic heterocycles. The van der Waals surface area contributed by atoms with Crippen LogP contribution in [0.4, 0.5) is 0 Å². The minimum absolute atomic E-state index is 0.471. The van der Waals surface area contributed by atoms with Gasteiger partial charge in [0.05, 0.1) is 22.2 Å². The molecule has 0 aliphatic carbocycles. The Morgan fingerprint density at radius 1 is 1.41 bits per heavy atom. The van der Waals surface area contributed by atoms with Crippen LogP contribution in [0.3, 0.4) is 0 Å². The van der Waals surface area contributed by atoms with Gasteiger partial charge in [-0.1, -0.05) is 12.1 Å². The predicted molar refractivity (Wildman–Crippen MR) is 71.3 cm³/mol. The van der Waals surface area contributed by atoms with Crippen molar-refractivity contribution in [3.63, 3.8) is 0 Å². The second kappa shape index (κ2) is 5.29.